The van der Waals surface area contributed by atoms with Crippen LogP contribution in [0.3, 0.4) is 0 Å². The van der Waals surface area contributed by atoms with Crippen molar-refractivity contribution in [3.05, 3.63) is 18.3 Å². The molecule has 0 unspecified atom stereocenters. The summed E-state index contributed by atoms with van der Waals surface area (Å²) < 4.78 is 0. The number of nitrogens with two attached hydrogens (primary N) is 2. The molecule has 0 radical (unpaired) electrons. The van der Waals surface area contributed by atoms with E-state index in [4.69, 9.17) is 11.5 Å². The Morgan fingerprint density at radius 1 is 1.54 bits per heavy atom. The van der Waals surface area contributed by atoms with Crippen LogP contribution in [-0.2, 0) is 4.79 Å². The average Bonchev–Trinajstić information content (AvgIpc) is 2.08. The van der Waals surface area contributed by atoms with Gasteiger partial charge in [0.25, 0.3) is 0 Å². The predicted octanol–water partition coefficient (Wildman–Crippen LogP) is -0.0489. The number of rotatable bonds is 4. The van der Waals surface area contributed by atoms with Crippen molar-refractivity contribution in [2.75, 3.05) is 17.6 Å². The number of anilines is 2. The smallest absolute Gasteiger partial charge is 0.219 e. The lowest BCUT2D eigenvalue weighted by molar-refractivity contribution is -0.117. The molecule has 0 fully saturated rings. The summed E-state index contributed by atoms with van der Waals surface area (Å²) in [5, 5.41) is 2.94. The molecule has 0 atom stereocenters. The van der Waals surface area contributed by atoms with Crippen LogP contribution in [0.1, 0.15) is 6.42 Å². The summed E-state index contributed by atoms with van der Waals surface area (Å²) in [6.45, 7) is 0.492. The van der Waals surface area contributed by atoms with Gasteiger partial charge >= 0.3 is 0 Å². The van der Waals surface area contributed by atoms with Gasteiger partial charge in [-0.05, 0) is 12.1 Å². The third kappa shape index (κ3) is 3.42. The number of primary amides is 1. The first kappa shape index (κ1) is 9.31. The molecule has 1 amide bonds. The van der Waals surface area contributed by atoms with E-state index >= 15 is 0 Å². The standard InChI is InChI=1S/C8H12N4O/c9-6-1-2-8(12-5-6)11-4-3-7(10)13/h1-2,5H,3-4,9H2,(H2,10,13)(H,11,12). The van der Waals surface area contributed by atoms with Crippen LogP contribution >= 0.6 is 0 Å². The molecule has 13 heavy (non-hydrogen) atoms. The Hall–Kier alpha value is -1.78. The Balaban J connectivity index is 2.37. The van der Waals surface area contributed by atoms with Gasteiger partial charge in [0.1, 0.15) is 5.82 Å². The summed E-state index contributed by atoms with van der Waals surface area (Å²) in [4.78, 5) is 14.4. The van der Waals surface area contributed by atoms with Crippen LogP contribution in [0.5, 0.6) is 0 Å². The van der Waals surface area contributed by atoms with E-state index in [-0.39, 0.29) is 5.91 Å². The number of carbonyl (C=O) groups excluding carboxylic acids is 1. The molecule has 0 aliphatic heterocycles. The highest BCUT2D eigenvalue weighted by Gasteiger charge is 1.95. The number of aromatic nitrogens is 1. The van der Waals surface area contributed by atoms with Crippen LogP contribution in [0.25, 0.3) is 0 Å². The lowest BCUT2D eigenvalue weighted by atomic mass is 10.4. The van der Waals surface area contributed by atoms with Gasteiger partial charge in [-0.25, -0.2) is 4.98 Å². The highest BCUT2D eigenvalue weighted by atomic mass is 16.1. The number of pyridine rings is 1. The van der Waals surface area contributed by atoms with Crippen molar-refractivity contribution in [2.45, 2.75) is 6.42 Å². The normalized spacial score (nSPS) is 9.54. The van der Waals surface area contributed by atoms with Gasteiger partial charge in [-0.3, -0.25) is 4.79 Å². The number of hydrogen-bond donors (Lipinski definition) is 3. The topological polar surface area (TPSA) is 94.0 Å². The number of hydrogen-bond acceptors (Lipinski definition) is 4. The molecule has 1 heterocycles. The number of nitrogens with one attached hydrogen (secondary N) is 1. The van der Waals surface area contributed by atoms with Crippen molar-refractivity contribution >= 4 is 17.4 Å². The first-order valence-electron chi connectivity index (χ1n) is 3.92. The van der Waals surface area contributed by atoms with E-state index < -0.39 is 0 Å². The molecule has 1 aromatic heterocycles. The second-order valence-electron chi connectivity index (χ2n) is 2.62. The number of amides is 1. The lowest BCUT2D eigenvalue weighted by Gasteiger charge is -2.03. The van der Waals surface area contributed by atoms with Gasteiger partial charge in [0.2, 0.25) is 5.91 Å². The second kappa shape index (κ2) is 4.30. The van der Waals surface area contributed by atoms with Crippen molar-refractivity contribution in [1.29, 1.82) is 0 Å². The minimum Gasteiger partial charge on any atom is -0.397 e. The highest BCUT2D eigenvalue weighted by molar-refractivity contribution is 5.74. The summed E-state index contributed by atoms with van der Waals surface area (Å²) in [7, 11) is 0. The van der Waals surface area contributed by atoms with Crippen LogP contribution in [-0.4, -0.2) is 17.4 Å². The lowest BCUT2D eigenvalue weighted by Crippen LogP contribution is -2.16. The zero-order valence-corrected chi connectivity index (χ0v) is 7.16. The summed E-state index contributed by atoms with van der Waals surface area (Å²) in [6, 6.07) is 3.48. The SMILES string of the molecule is NC(=O)CCNc1ccc(N)cn1. The van der Waals surface area contributed by atoms with E-state index in [1.54, 1.807) is 18.3 Å². The van der Waals surface area contributed by atoms with Crippen molar-refractivity contribution in [3.63, 3.8) is 0 Å². The minimum absolute atomic E-state index is 0.298. The Morgan fingerprint density at radius 3 is 2.85 bits per heavy atom. The molecule has 70 valence electrons. The van der Waals surface area contributed by atoms with E-state index in [1.807, 2.05) is 0 Å². The number of nitrogen functional groups attached to an aromatic ring is 1. The van der Waals surface area contributed by atoms with Crippen molar-refractivity contribution < 1.29 is 4.79 Å². The van der Waals surface area contributed by atoms with E-state index in [0.717, 1.165) is 0 Å². The summed E-state index contributed by atoms with van der Waals surface area (Å²) in [5.41, 5.74) is 11.0. The van der Waals surface area contributed by atoms with Crippen molar-refractivity contribution in [1.82, 2.24) is 4.98 Å². The van der Waals surface area contributed by atoms with Gasteiger partial charge in [0, 0.05) is 13.0 Å². The third-order valence-electron chi connectivity index (χ3n) is 1.46. The van der Waals surface area contributed by atoms with Gasteiger partial charge < -0.3 is 16.8 Å². The first-order chi connectivity index (χ1) is 6.18. The van der Waals surface area contributed by atoms with Gasteiger partial charge in [-0.2, -0.15) is 0 Å². The fraction of sp³-hybridized carbons (Fsp3) is 0.250. The molecule has 5 heteroatoms. The van der Waals surface area contributed by atoms with E-state index in [1.165, 1.54) is 0 Å². The van der Waals surface area contributed by atoms with Gasteiger partial charge in [0.15, 0.2) is 0 Å². The molecule has 0 bridgehead atoms. The Morgan fingerprint density at radius 2 is 2.31 bits per heavy atom. The van der Waals surface area contributed by atoms with Crippen LogP contribution in [0.2, 0.25) is 0 Å². The predicted molar refractivity (Wildman–Crippen MR) is 51.0 cm³/mol. The Bertz CT molecular complexity index is 283. The van der Waals surface area contributed by atoms with Crippen LogP contribution in [0.15, 0.2) is 18.3 Å². The average molecular weight is 180 g/mol. The molecular formula is C8H12N4O. The molecular weight excluding hydrogens is 168 g/mol. The van der Waals surface area contributed by atoms with Crippen molar-refractivity contribution in [2.24, 2.45) is 5.73 Å². The molecule has 5 nitrogen and oxygen atoms in total. The Kier molecular flexibility index (Phi) is 3.08. The van der Waals surface area contributed by atoms with E-state index in [0.29, 0.717) is 24.5 Å². The zero-order valence-electron chi connectivity index (χ0n) is 7.16. The molecule has 0 saturated heterocycles. The molecule has 0 saturated carbocycles. The summed E-state index contributed by atoms with van der Waals surface area (Å²) in [6.07, 6.45) is 1.85. The maximum absolute atomic E-state index is 10.4. The highest BCUT2D eigenvalue weighted by Crippen LogP contribution is 2.05. The molecule has 0 aliphatic carbocycles. The maximum atomic E-state index is 10.4. The largest absolute Gasteiger partial charge is 0.397 e. The summed E-state index contributed by atoms with van der Waals surface area (Å²) in [5.74, 6) is 0.360. The van der Waals surface area contributed by atoms with E-state index in [2.05, 4.69) is 10.3 Å². The minimum atomic E-state index is -0.331. The van der Waals surface area contributed by atoms with E-state index in [9.17, 15) is 4.79 Å². The van der Waals surface area contributed by atoms with Crippen LogP contribution in [0, 0.1) is 0 Å². The van der Waals surface area contributed by atoms with Gasteiger partial charge in [0.05, 0.1) is 11.9 Å². The fourth-order valence-electron chi connectivity index (χ4n) is 0.824. The maximum Gasteiger partial charge on any atom is 0.219 e. The molecule has 1 rings (SSSR count). The Labute approximate surface area is 76.1 Å². The van der Waals surface area contributed by atoms with Gasteiger partial charge in [-0.15, -0.1) is 0 Å². The number of nitrogens with zero attached hydrogens (tertiary/aromatic N) is 1. The van der Waals surface area contributed by atoms with Crippen LogP contribution < -0.4 is 16.8 Å². The molecule has 0 spiro atoms. The third-order valence-corrected chi connectivity index (χ3v) is 1.46. The molecule has 5 N–H and O–H groups in total. The summed E-state index contributed by atoms with van der Waals surface area (Å²) >= 11 is 0. The molecule has 0 aliphatic rings. The molecule has 1 aromatic rings. The fourth-order valence-corrected chi connectivity index (χ4v) is 0.824. The van der Waals surface area contributed by atoms with Crippen molar-refractivity contribution in [3.8, 4) is 0 Å². The monoisotopic (exact) mass is 180 g/mol. The van der Waals surface area contributed by atoms with Crippen LogP contribution in [0.4, 0.5) is 11.5 Å². The zero-order chi connectivity index (χ0) is 9.68. The quantitative estimate of drug-likeness (QED) is 0.605. The second-order valence-corrected chi connectivity index (χ2v) is 2.62. The number of carbonyl (C=O) groups is 1. The molecule has 0 aromatic carbocycles. The van der Waals surface area contributed by atoms with Gasteiger partial charge in [-0.1, -0.05) is 0 Å². The first-order valence-corrected chi connectivity index (χ1v) is 3.92.